The minimum absolute atomic E-state index is 0.124. The van der Waals surface area contributed by atoms with Gasteiger partial charge in [-0.1, -0.05) is 159 Å². The smallest absolute Gasteiger partial charge is 0.0468 e. The zero-order valence-electron chi connectivity index (χ0n) is 41.8. The predicted molar refractivity (Wildman–Crippen MR) is 301 cm³/mol. The maximum absolute atomic E-state index is 2.51. The first-order valence-corrected chi connectivity index (χ1v) is 25.7. The first-order chi connectivity index (χ1) is 34.2. The molecule has 0 spiro atoms. The molecule has 15 rings (SSSR count). The molecule has 0 aliphatic heterocycles. The molecule has 0 N–H and O–H groups in total. The quantitative estimate of drug-likeness (QED) is 0.171. The molecule has 1 heteroatoms. The number of rotatable bonds is 3. The van der Waals surface area contributed by atoms with Crippen LogP contribution in [0.3, 0.4) is 0 Å². The minimum atomic E-state index is -0.182. The van der Waals surface area contributed by atoms with Crippen molar-refractivity contribution in [3.8, 4) is 44.5 Å². The third kappa shape index (κ3) is 5.31. The first-order valence-electron chi connectivity index (χ1n) is 25.7. The summed E-state index contributed by atoms with van der Waals surface area (Å²) in [5, 5.41) is 10.3. The lowest BCUT2D eigenvalue weighted by molar-refractivity contribution is 0.602. The third-order valence-corrected chi connectivity index (χ3v) is 18.0. The Labute approximate surface area is 417 Å². The molecule has 0 atom stereocenters. The van der Waals surface area contributed by atoms with Crippen LogP contribution in [0, 0.1) is 0 Å². The molecule has 4 aliphatic rings. The van der Waals surface area contributed by atoms with Crippen molar-refractivity contribution < 1.29 is 0 Å². The van der Waals surface area contributed by atoms with Crippen LogP contribution in [0.4, 0.5) is 17.1 Å². The highest BCUT2D eigenvalue weighted by atomic mass is 15.1. The second-order valence-electron chi connectivity index (χ2n) is 23.3. The topological polar surface area (TPSA) is 3.24 Å². The van der Waals surface area contributed by atoms with Crippen molar-refractivity contribution in [3.05, 3.63) is 233 Å². The summed E-state index contributed by atoms with van der Waals surface area (Å²) in [7, 11) is 0. The van der Waals surface area contributed by atoms with E-state index in [4.69, 9.17) is 0 Å². The van der Waals surface area contributed by atoms with Crippen LogP contribution in [-0.4, -0.2) is 0 Å². The van der Waals surface area contributed by atoms with Gasteiger partial charge in [-0.2, -0.15) is 0 Å². The van der Waals surface area contributed by atoms with Crippen LogP contribution in [0.25, 0.3) is 87.6 Å². The molecule has 0 aromatic heterocycles. The van der Waals surface area contributed by atoms with Gasteiger partial charge in [0.05, 0.1) is 0 Å². The predicted octanol–water partition coefficient (Wildman–Crippen LogP) is 19.0. The molecular formula is C70H55N. The zero-order valence-corrected chi connectivity index (χ0v) is 41.8. The Kier molecular flexibility index (Phi) is 7.85. The zero-order chi connectivity index (χ0) is 48.1. The Morgan fingerprint density at radius 3 is 0.845 bits per heavy atom. The van der Waals surface area contributed by atoms with Crippen LogP contribution in [-0.2, 0) is 21.7 Å². The highest BCUT2D eigenvalue weighted by Crippen LogP contribution is 2.62. The molecule has 0 radical (unpaired) electrons. The summed E-state index contributed by atoms with van der Waals surface area (Å²) in [6.45, 7) is 19.6. The third-order valence-electron chi connectivity index (χ3n) is 18.0. The van der Waals surface area contributed by atoms with Crippen molar-refractivity contribution in [3.63, 3.8) is 0 Å². The number of hydrogen-bond acceptors (Lipinski definition) is 1. The van der Waals surface area contributed by atoms with E-state index in [9.17, 15) is 0 Å². The molecule has 0 bridgehead atoms. The second-order valence-corrected chi connectivity index (χ2v) is 23.3. The summed E-state index contributed by atoms with van der Waals surface area (Å²) in [6, 6.07) is 72.2. The van der Waals surface area contributed by atoms with Gasteiger partial charge in [0.1, 0.15) is 0 Å². The number of nitrogens with zero attached hydrogens (tertiary/aromatic N) is 1. The van der Waals surface area contributed by atoms with Gasteiger partial charge in [-0.15, -0.1) is 0 Å². The number of fused-ring (bicyclic) bond motifs is 18. The van der Waals surface area contributed by atoms with Crippen LogP contribution < -0.4 is 4.90 Å². The fraction of sp³-hybridized carbons (Fsp3) is 0.171. The number of anilines is 3. The Morgan fingerprint density at radius 1 is 0.225 bits per heavy atom. The fourth-order valence-electron chi connectivity index (χ4n) is 14.6. The molecule has 1 nitrogen and oxygen atoms in total. The van der Waals surface area contributed by atoms with Gasteiger partial charge in [0.25, 0.3) is 0 Å². The molecule has 0 saturated heterocycles. The van der Waals surface area contributed by atoms with Crippen LogP contribution >= 0.6 is 0 Å². The van der Waals surface area contributed by atoms with Crippen molar-refractivity contribution in [1.82, 2.24) is 0 Å². The van der Waals surface area contributed by atoms with Crippen molar-refractivity contribution >= 4 is 60.2 Å². The summed E-state index contributed by atoms with van der Waals surface area (Å²) in [4.78, 5) is 2.45. The average molecular weight is 910 g/mol. The molecule has 71 heavy (non-hydrogen) atoms. The van der Waals surface area contributed by atoms with Gasteiger partial charge in [0.15, 0.2) is 0 Å². The summed E-state index contributed by atoms with van der Waals surface area (Å²) in [5.41, 5.74) is 25.5. The minimum Gasteiger partial charge on any atom is -0.310 e. The Bertz CT molecular complexity index is 3960. The lowest BCUT2D eigenvalue weighted by Gasteiger charge is -2.31. The fourth-order valence-corrected chi connectivity index (χ4v) is 14.6. The van der Waals surface area contributed by atoms with Gasteiger partial charge in [-0.05, 0) is 217 Å². The molecule has 0 amide bonds. The van der Waals surface area contributed by atoms with E-state index in [1.165, 1.54) is 132 Å². The Balaban J connectivity index is 0.834. The molecule has 0 heterocycles. The molecule has 4 aliphatic carbocycles. The van der Waals surface area contributed by atoms with Crippen LogP contribution in [0.5, 0.6) is 0 Å². The van der Waals surface area contributed by atoms with Gasteiger partial charge < -0.3 is 4.90 Å². The Morgan fingerprint density at radius 2 is 0.507 bits per heavy atom. The van der Waals surface area contributed by atoms with E-state index < -0.39 is 0 Å². The maximum atomic E-state index is 2.51. The van der Waals surface area contributed by atoms with E-state index >= 15 is 0 Å². The van der Waals surface area contributed by atoms with Crippen molar-refractivity contribution in [2.45, 2.75) is 77.0 Å². The normalized spacial score (nSPS) is 16.3. The van der Waals surface area contributed by atoms with Gasteiger partial charge in [0, 0.05) is 38.7 Å². The van der Waals surface area contributed by atoms with Crippen LogP contribution in [0.15, 0.2) is 188 Å². The highest BCUT2D eigenvalue weighted by Gasteiger charge is 2.48. The van der Waals surface area contributed by atoms with Crippen molar-refractivity contribution in [2.24, 2.45) is 0 Å². The molecule has 0 unspecified atom stereocenters. The highest BCUT2D eigenvalue weighted by molar-refractivity contribution is 6.03. The number of benzene rings is 11. The van der Waals surface area contributed by atoms with E-state index in [1.807, 2.05) is 0 Å². The molecule has 11 aromatic rings. The monoisotopic (exact) mass is 909 g/mol. The number of para-hydroxylation sites is 1. The van der Waals surface area contributed by atoms with Crippen LogP contribution in [0.1, 0.15) is 99.9 Å². The molecular weight excluding hydrogens is 855 g/mol. The largest absolute Gasteiger partial charge is 0.310 e. The maximum Gasteiger partial charge on any atom is 0.0468 e. The average Bonchev–Trinajstić information content (AvgIpc) is 3.93. The first kappa shape index (κ1) is 41.1. The van der Waals surface area contributed by atoms with E-state index in [2.05, 4.69) is 248 Å². The molecule has 340 valence electrons. The summed E-state index contributed by atoms with van der Waals surface area (Å²) in [6.07, 6.45) is 0. The van der Waals surface area contributed by atoms with E-state index in [0.29, 0.717) is 0 Å². The Hall–Kier alpha value is -7.74. The SMILES string of the molecule is CC1(C)c2cc3ccccc3cc2-c2ccc3c(c21)C(C)(C)c1cc2cc(N(c4ccccc4)c4ccc5cc6c(cc5c4)C(C)(C)c4c-6ccc5c4C(C)(C)c4cc6ccccc6cc4-5)ccc2cc1-3. The van der Waals surface area contributed by atoms with Gasteiger partial charge in [0.2, 0.25) is 0 Å². The lowest BCUT2D eigenvalue weighted by Crippen LogP contribution is -2.24. The lowest BCUT2D eigenvalue weighted by atomic mass is 9.72. The van der Waals surface area contributed by atoms with Gasteiger partial charge in [-0.3, -0.25) is 0 Å². The molecule has 11 aromatic carbocycles. The molecule has 0 fully saturated rings. The van der Waals surface area contributed by atoms with Gasteiger partial charge in [-0.25, -0.2) is 0 Å². The molecule has 0 saturated carbocycles. The standard InChI is InChI=1S/C70H55N/c1-67(2)59-36-42-18-14-12-16-40(42)32-55(59)51-26-28-53-57-34-44-22-24-49(30-46(44)38-61(57)69(5,6)65(53)63(51)67)71(48-20-10-9-11-21-48)50-25-23-45-35-58-54-29-27-52-56-33-41-17-13-15-19-43(41)37-60(56)68(3,4)64(52)66(54)70(7,8)62(58)39-47(45)31-50/h9-39H,1-8H3. The summed E-state index contributed by atoms with van der Waals surface area (Å²) < 4.78 is 0. The van der Waals surface area contributed by atoms with E-state index in [1.54, 1.807) is 0 Å². The van der Waals surface area contributed by atoms with Gasteiger partial charge >= 0.3 is 0 Å². The van der Waals surface area contributed by atoms with Crippen molar-refractivity contribution in [1.29, 1.82) is 0 Å². The van der Waals surface area contributed by atoms with E-state index in [-0.39, 0.29) is 21.7 Å². The van der Waals surface area contributed by atoms with E-state index in [0.717, 1.165) is 17.1 Å². The summed E-state index contributed by atoms with van der Waals surface area (Å²) >= 11 is 0. The summed E-state index contributed by atoms with van der Waals surface area (Å²) in [5.74, 6) is 0. The van der Waals surface area contributed by atoms with Crippen molar-refractivity contribution in [2.75, 3.05) is 4.90 Å². The second kappa shape index (κ2) is 13.6. The van der Waals surface area contributed by atoms with Crippen LogP contribution in [0.2, 0.25) is 0 Å². The number of hydrogen-bond donors (Lipinski definition) is 0.